The lowest BCUT2D eigenvalue weighted by molar-refractivity contribution is -0.149. The number of alkyl carbamates (subject to hydrolysis) is 1. The third-order valence-electron chi connectivity index (χ3n) is 9.00. The highest BCUT2D eigenvalue weighted by Crippen LogP contribution is 2.34. The molecule has 210 valence electrons. The Balaban J connectivity index is 1.45. The maximum Gasteiger partial charge on any atom is 0.408 e. The molecule has 5 atom stereocenters. The van der Waals surface area contributed by atoms with E-state index in [1.54, 1.807) is 6.07 Å². The molecule has 2 saturated carbocycles. The van der Waals surface area contributed by atoms with Crippen molar-refractivity contribution in [2.45, 2.75) is 108 Å². The summed E-state index contributed by atoms with van der Waals surface area (Å²) >= 11 is 0. The van der Waals surface area contributed by atoms with E-state index >= 15 is 0 Å². The van der Waals surface area contributed by atoms with Gasteiger partial charge in [-0.2, -0.15) is 0 Å². The number of carboxylic acid groups (broad SMARTS) is 1. The Bertz CT molecular complexity index is 1130. The Kier molecular flexibility index (Phi) is 8.52. The summed E-state index contributed by atoms with van der Waals surface area (Å²) in [6.07, 6.45) is 8.43. The highest BCUT2D eigenvalue weighted by atomic mass is 16.6. The third-order valence-corrected chi connectivity index (χ3v) is 9.00. The number of nitrogens with one attached hydrogen (secondary N) is 1. The summed E-state index contributed by atoms with van der Waals surface area (Å²) in [6.45, 7) is 0.465. The zero-order valence-corrected chi connectivity index (χ0v) is 22.4. The fraction of sp³-hybridized carbons (Fsp3) is 0.714. The number of carbonyl (C=O) groups excluding carboxylic acids is 2. The molecule has 2 aliphatic carbocycles. The number of hydrogen-bond acceptors (Lipinski definition) is 6. The first-order chi connectivity index (χ1) is 18.8. The van der Waals surface area contributed by atoms with E-state index in [9.17, 15) is 24.3 Å². The zero-order valence-electron chi connectivity index (χ0n) is 22.4. The lowest BCUT2D eigenvalue weighted by Crippen LogP contribution is -2.55. The van der Waals surface area contributed by atoms with Crippen LogP contribution in [0.3, 0.4) is 0 Å². The average molecular weight is 539 g/mol. The number of pyridine rings is 1. The van der Waals surface area contributed by atoms with E-state index in [-0.39, 0.29) is 41.9 Å². The van der Waals surface area contributed by atoms with Crippen molar-refractivity contribution < 1.29 is 29.0 Å². The Morgan fingerprint density at radius 2 is 1.64 bits per heavy atom. The van der Waals surface area contributed by atoms with Gasteiger partial charge in [-0.05, 0) is 68.3 Å². The van der Waals surface area contributed by atoms with E-state index in [4.69, 9.17) is 17.3 Å². The van der Waals surface area contributed by atoms with Gasteiger partial charge in [0, 0.05) is 13.0 Å². The standard InChI is InChI=1S/C28H38BN3O7/c29-20-12-13-23-31(25(20)33)14-5-1-2-7-17-10-6-11-22(17)39-28(37)30-24(18-8-3-4-9-18)26(34)32-16-19(38-23)15-21(32)27(35)36/h12-13,17-19,21-22,24H,1-11,14-16H2,(H,30,37)(H,35,36)/t17-,19-,21+,22-,24+/m1/s1. The van der Waals surface area contributed by atoms with Crippen LogP contribution >= 0.6 is 0 Å². The van der Waals surface area contributed by atoms with Gasteiger partial charge >= 0.3 is 12.1 Å². The molecule has 2 amide bonds. The Hall–Kier alpha value is -2.98. The minimum atomic E-state index is -1.13. The monoisotopic (exact) mass is 539 g/mol. The second-order valence-electron chi connectivity index (χ2n) is 11.6. The van der Waals surface area contributed by atoms with E-state index < -0.39 is 36.2 Å². The molecule has 11 heteroatoms. The molecule has 1 aromatic heterocycles. The molecule has 5 rings (SSSR count). The number of aliphatic carboxylic acids is 1. The number of nitrogens with zero attached hydrogens (tertiary/aromatic N) is 2. The van der Waals surface area contributed by atoms with Gasteiger partial charge < -0.3 is 24.8 Å². The van der Waals surface area contributed by atoms with Crippen LogP contribution in [0.25, 0.3) is 0 Å². The second-order valence-corrected chi connectivity index (χ2v) is 11.6. The van der Waals surface area contributed by atoms with Crippen LogP contribution in [-0.2, 0) is 20.9 Å². The van der Waals surface area contributed by atoms with E-state index in [2.05, 4.69) is 5.32 Å². The maximum absolute atomic E-state index is 13.9. The molecular weight excluding hydrogens is 501 g/mol. The molecule has 2 bridgehead atoms. The van der Waals surface area contributed by atoms with Crippen molar-refractivity contribution in [2.24, 2.45) is 11.8 Å². The molecule has 1 saturated heterocycles. The van der Waals surface area contributed by atoms with Crippen LogP contribution in [0.1, 0.15) is 77.0 Å². The highest BCUT2D eigenvalue weighted by molar-refractivity contribution is 6.31. The number of amides is 2. The Morgan fingerprint density at radius 1 is 0.923 bits per heavy atom. The van der Waals surface area contributed by atoms with Gasteiger partial charge in [-0.1, -0.05) is 31.7 Å². The quantitative estimate of drug-likeness (QED) is 0.552. The number of carboxylic acids is 1. The smallest absolute Gasteiger partial charge is 0.408 e. The number of rotatable bonds is 2. The van der Waals surface area contributed by atoms with Crippen molar-refractivity contribution in [2.75, 3.05) is 6.54 Å². The highest BCUT2D eigenvalue weighted by Gasteiger charge is 2.46. The lowest BCUT2D eigenvalue weighted by Gasteiger charge is -2.31. The molecule has 3 fully saturated rings. The first kappa shape index (κ1) is 27.6. The molecule has 0 aromatic carbocycles. The summed E-state index contributed by atoms with van der Waals surface area (Å²) < 4.78 is 13.6. The van der Waals surface area contributed by atoms with Crippen molar-refractivity contribution in [1.82, 2.24) is 14.8 Å². The van der Waals surface area contributed by atoms with Crippen LogP contribution in [0.2, 0.25) is 0 Å². The van der Waals surface area contributed by atoms with Crippen LogP contribution in [0.4, 0.5) is 4.79 Å². The van der Waals surface area contributed by atoms with Gasteiger partial charge in [0.05, 0.1) is 6.54 Å². The van der Waals surface area contributed by atoms with Crippen molar-refractivity contribution in [3.63, 3.8) is 0 Å². The van der Waals surface area contributed by atoms with Crippen molar-refractivity contribution in [3.05, 3.63) is 22.5 Å². The second kappa shape index (κ2) is 12.0. The van der Waals surface area contributed by atoms with Crippen molar-refractivity contribution >= 4 is 31.3 Å². The molecule has 10 nitrogen and oxygen atoms in total. The number of hydrogen-bond donors (Lipinski definition) is 2. The predicted octanol–water partition coefficient (Wildman–Crippen LogP) is 2.10. The lowest BCUT2D eigenvalue weighted by atomic mass is 9.96. The number of aromatic nitrogens is 1. The average Bonchev–Trinajstić information content (AvgIpc) is 3.67. The van der Waals surface area contributed by atoms with E-state index in [1.165, 1.54) is 15.5 Å². The minimum Gasteiger partial charge on any atom is -0.480 e. The van der Waals surface area contributed by atoms with Crippen LogP contribution in [-0.4, -0.2) is 71.2 Å². The van der Waals surface area contributed by atoms with Gasteiger partial charge in [0.25, 0.3) is 0 Å². The number of ether oxygens (including phenoxy) is 2. The number of fused-ring (bicyclic) bond motifs is 4. The SMILES string of the molecule is [B]c1ccc2n(c1=O)CCCCC[C@@H]1CCC[C@H]1OC(=O)N[C@@H](C1CCCC1)C(=O)N1C[C@@H](C[C@H]1C(=O)O)O2. The van der Waals surface area contributed by atoms with Gasteiger partial charge in [0.15, 0.2) is 5.88 Å². The molecule has 4 aliphatic rings. The van der Waals surface area contributed by atoms with Gasteiger partial charge in [-0.25, -0.2) is 9.59 Å². The molecule has 39 heavy (non-hydrogen) atoms. The third kappa shape index (κ3) is 6.12. The minimum absolute atomic E-state index is 0.0407. The summed E-state index contributed by atoms with van der Waals surface area (Å²) in [6, 6.07) is 1.18. The largest absolute Gasteiger partial charge is 0.480 e. The van der Waals surface area contributed by atoms with E-state index in [1.807, 2.05) is 0 Å². The van der Waals surface area contributed by atoms with Gasteiger partial charge in [-0.15, -0.1) is 0 Å². The van der Waals surface area contributed by atoms with E-state index in [0.717, 1.165) is 70.6 Å². The Morgan fingerprint density at radius 3 is 2.41 bits per heavy atom. The molecule has 3 heterocycles. The molecule has 2 aliphatic heterocycles. The topological polar surface area (TPSA) is 127 Å². The normalized spacial score (nSPS) is 30.9. The van der Waals surface area contributed by atoms with Gasteiger partial charge in [-0.3, -0.25) is 14.2 Å². The van der Waals surface area contributed by atoms with Crippen LogP contribution < -0.4 is 21.1 Å². The fourth-order valence-electron chi connectivity index (χ4n) is 6.91. The molecule has 0 spiro atoms. The molecule has 1 aromatic rings. The summed E-state index contributed by atoms with van der Waals surface area (Å²) in [5.41, 5.74) is -0.215. The Labute approximate surface area is 229 Å². The molecule has 0 unspecified atom stereocenters. The van der Waals surface area contributed by atoms with Crippen LogP contribution in [0, 0.1) is 11.8 Å². The summed E-state index contributed by atoms with van der Waals surface area (Å²) in [5.74, 6) is -1.04. The summed E-state index contributed by atoms with van der Waals surface area (Å²) in [5, 5.41) is 12.8. The fourth-order valence-corrected chi connectivity index (χ4v) is 6.91. The van der Waals surface area contributed by atoms with E-state index in [0.29, 0.717) is 12.4 Å². The maximum atomic E-state index is 13.9. The van der Waals surface area contributed by atoms with Crippen molar-refractivity contribution in [1.29, 1.82) is 0 Å². The van der Waals surface area contributed by atoms with Crippen molar-refractivity contribution in [3.8, 4) is 5.88 Å². The predicted molar refractivity (Wildman–Crippen MR) is 143 cm³/mol. The first-order valence-electron chi connectivity index (χ1n) is 14.5. The van der Waals surface area contributed by atoms with Gasteiger partial charge in [0.1, 0.15) is 32.1 Å². The molecule has 2 N–H and O–H groups in total. The number of carbonyl (C=O) groups is 3. The summed E-state index contributed by atoms with van der Waals surface area (Å²) in [4.78, 5) is 53.4. The van der Waals surface area contributed by atoms with Gasteiger partial charge in [0.2, 0.25) is 11.5 Å². The summed E-state index contributed by atoms with van der Waals surface area (Å²) in [7, 11) is 5.91. The first-order valence-corrected chi connectivity index (χ1v) is 14.5. The molecular formula is C28H38BN3O7. The zero-order chi connectivity index (χ0) is 27.5. The molecule has 2 radical (unpaired) electrons. The van der Waals surface area contributed by atoms with Crippen LogP contribution in [0.5, 0.6) is 5.88 Å². The van der Waals surface area contributed by atoms with Crippen LogP contribution in [0.15, 0.2) is 16.9 Å².